The number of nitrogens with one attached hydrogen (secondary N) is 2. The Bertz CT molecular complexity index is 681. The van der Waals surface area contributed by atoms with Crippen LogP contribution in [0, 0.1) is 5.92 Å². The minimum atomic E-state index is -0.164. The third-order valence-electron chi connectivity index (χ3n) is 3.60. The summed E-state index contributed by atoms with van der Waals surface area (Å²) in [7, 11) is 0. The molecule has 0 aliphatic heterocycles. The minimum Gasteiger partial charge on any atom is -0.352 e. The zero-order valence-corrected chi connectivity index (χ0v) is 14.2. The van der Waals surface area contributed by atoms with E-state index in [0.717, 1.165) is 5.56 Å². The van der Waals surface area contributed by atoms with E-state index in [0.29, 0.717) is 36.6 Å². The minimum absolute atomic E-state index is 0.0945. The van der Waals surface area contributed by atoms with Gasteiger partial charge in [0.2, 0.25) is 5.91 Å². The van der Waals surface area contributed by atoms with Crippen molar-refractivity contribution in [2.45, 2.75) is 26.7 Å². The highest BCUT2D eigenvalue weighted by Gasteiger charge is 2.13. The average molecular weight is 324 g/mol. The summed E-state index contributed by atoms with van der Waals surface area (Å²) in [5.41, 5.74) is 2.17. The Morgan fingerprint density at radius 1 is 0.958 bits per heavy atom. The molecule has 24 heavy (non-hydrogen) atoms. The van der Waals surface area contributed by atoms with Crippen molar-refractivity contribution in [3.8, 4) is 0 Å². The third kappa shape index (κ3) is 5.54. The molecule has 0 saturated carbocycles. The Morgan fingerprint density at radius 3 is 2.33 bits per heavy atom. The van der Waals surface area contributed by atoms with Gasteiger partial charge >= 0.3 is 0 Å². The summed E-state index contributed by atoms with van der Waals surface area (Å²) in [6.45, 7) is 4.68. The van der Waals surface area contributed by atoms with Crippen molar-refractivity contribution >= 4 is 17.5 Å². The molecule has 0 radical (unpaired) electrons. The first-order valence-corrected chi connectivity index (χ1v) is 8.27. The van der Waals surface area contributed by atoms with E-state index in [4.69, 9.17) is 0 Å². The molecule has 2 aromatic rings. The zero-order valence-electron chi connectivity index (χ0n) is 14.2. The summed E-state index contributed by atoms with van der Waals surface area (Å²) in [5.74, 6) is 0.118. The van der Waals surface area contributed by atoms with E-state index < -0.39 is 0 Å². The van der Waals surface area contributed by atoms with Crippen molar-refractivity contribution in [2.75, 3.05) is 11.9 Å². The monoisotopic (exact) mass is 324 g/mol. The molecule has 4 heteroatoms. The first-order valence-electron chi connectivity index (χ1n) is 8.27. The van der Waals surface area contributed by atoms with Gasteiger partial charge in [0, 0.05) is 13.0 Å². The number of anilines is 1. The number of hydrogen-bond acceptors (Lipinski definition) is 2. The zero-order chi connectivity index (χ0) is 17.4. The molecule has 0 heterocycles. The van der Waals surface area contributed by atoms with Crippen LogP contribution < -0.4 is 10.6 Å². The van der Waals surface area contributed by atoms with Gasteiger partial charge < -0.3 is 10.6 Å². The first kappa shape index (κ1) is 17.7. The molecule has 4 nitrogen and oxygen atoms in total. The van der Waals surface area contributed by atoms with Crippen LogP contribution in [0.15, 0.2) is 54.6 Å². The van der Waals surface area contributed by atoms with Crippen molar-refractivity contribution in [3.05, 3.63) is 65.7 Å². The quantitative estimate of drug-likeness (QED) is 0.817. The molecule has 2 rings (SSSR count). The lowest BCUT2D eigenvalue weighted by Gasteiger charge is -2.12. The number of aryl methyl sites for hydroxylation is 1. The Labute approximate surface area is 143 Å². The maximum Gasteiger partial charge on any atom is 0.253 e. The molecule has 0 fully saturated rings. The second-order valence-corrected chi connectivity index (χ2v) is 6.18. The van der Waals surface area contributed by atoms with Crippen molar-refractivity contribution < 1.29 is 9.59 Å². The summed E-state index contributed by atoms with van der Waals surface area (Å²) in [5, 5.41) is 5.73. The van der Waals surface area contributed by atoms with Crippen molar-refractivity contribution in [2.24, 2.45) is 5.92 Å². The van der Waals surface area contributed by atoms with Gasteiger partial charge in [-0.15, -0.1) is 0 Å². The Morgan fingerprint density at radius 2 is 1.62 bits per heavy atom. The molecule has 2 N–H and O–H groups in total. The maximum atomic E-state index is 12.3. The van der Waals surface area contributed by atoms with Crippen LogP contribution in [-0.4, -0.2) is 18.4 Å². The predicted molar refractivity (Wildman–Crippen MR) is 97.0 cm³/mol. The molecular formula is C20H24N2O2. The van der Waals surface area contributed by atoms with Gasteiger partial charge in [0.1, 0.15) is 0 Å². The summed E-state index contributed by atoms with van der Waals surface area (Å²) < 4.78 is 0. The maximum absolute atomic E-state index is 12.3. The summed E-state index contributed by atoms with van der Waals surface area (Å²) in [4.78, 5) is 24.5. The van der Waals surface area contributed by atoms with Crippen LogP contribution in [0.5, 0.6) is 0 Å². The SMILES string of the molecule is CC(C)CNC(=O)c1ccccc1NC(=O)CCc1ccccc1. The van der Waals surface area contributed by atoms with Crippen LogP contribution in [0.25, 0.3) is 0 Å². The highest BCUT2D eigenvalue weighted by molar-refractivity contribution is 6.03. The fourth-order valence-electron chi connectivity index (χ4n) is 2.30. The molecule has 126 valence electrons. The van der Waals surface area contributed by atoms with E-state index in [1.165, 1.54) is 0 Å². The number of carbonyl (C=O) groups excluding carboxylic acids is 2. The molecule has 2 amide bonds. The van der Waals surface area contributed by atoms with Crippen molar-refractivity contribution in [3.63, 3.8) is 0 Å². The highest BCUT2D eigenvalue weighted by atomic mass is 16.2. The second-order valence-electron chi connectivity index (χ2n) is 6.18. The lowest BCUT2D eigenvalue weighted by atomic mass is 10.1. The van der Waals surface area contributed by atoms with Crippen LogP contribution in [-0.2, 0) is 11.2 Å². The lowest BCUT2D eigenvalue weighted by Crippen LogP contribution is -2.28. The van der Waals surface area contributed by atoms with E-state index in [2.05, 4.69) is 10.6 Å². The Kier molecular flexibility index (Phi) is 6.55. The van der Waals surface area contributed by atoms with Gasteiger partial charge in [-0.1, -0.05) is 56.3 Å². The molecule has 0 aliphatic carbocycles. The largest absolute Gasteiger partial charge is 0.352 e. The molecule has 0 aromatic heterocycles. The Hall–Kier alpha value is -2.62. The van der Waals surface area contributed by atoms with E-state index in [1.54, 1.807) is 18.2 Å². The van der Waals surface area contributed by atoms with Crippen LogP contribution in [0.3, 0.4) is 0 Å². The molecule has 0 bridgehead atoms. The number of carbonyl (C=O) groups is 2. The fourth-order valence-corrected chi connectivity index (χ4v) is 2.30. The van der Waals surface area contributed by atoms with Gasteiger partial charge in [0.05, 0.1) is 11.3 Å². The van der Waals surface area contributed by atoms with Gasteiger partial charge in [-0.05, 0) is 30.0 Å². The molecule has 0 spiro atoms. The predicted octanol–water partition coefficient (Wildman–Crippen LogP) is 3.64. The smallest absolute Gasteiger partial charge is 0.253 e. The molecule has 0 saturated heterocycles. The third-order valence-corrected chi connectivity index (χ3v) is 3.60. The number of rotatable bonds is 7. The summed E-state index contributed by atoms with van der Waals surface area (Å²) >= 11 is 0. The standard InChI is InChI=1S/C20H24N2O2/c1-15(2)14-21-20(24)17-10-6-7-11-18(17)22-19(23)13-12-16-8-4-3-5-9-16/h3-11,15H,12-14H2,1-2H3,(H,21,24)(H,22,23). The molecule has 0 aliphatic rings. The first-order chi connectivity index (χ1) is 11.6. The van der Waals surface area contributed by atoms with Gasteiger partial charge in [0.25, 0.3) is 5.91 Å². The van der Waals surface area contributed by atoms with Crippen molar-refractivity contribution in [1.82, 2.24) is 5.32 Å². The molecule has 2 aromatic carbocycles. The van der Waals surface area contributed by atoms with E-state index in [-0.39, 0.29) is 11.8 Å². The topological polar surface area (TPSA) is 58.2 Å². The molecular weight excluding hydrogens is 300 g/mol. The number of hydrogen-bond donors (Lipinski definition) is 2. The van der Waals surface area contributed by atoms with E-state index >= 15 is 0 Å². The summed E-state index contributed by atoms with van der Waals surface area (Å²) in [6, 6.07) is 17.0. The normalized spacial score (nSPS) is 10.5. The van der Waals surface area contributed by atoms with Gasteiger partial charge in [-0.2, -0.15) is 0 Å². The second kappa shape index (κ2) is 8.87. The number of para-hydroxylation sites is 1. The van der Waals surface area contributed by atoms with Crippen LogP contribution in [0.4, 0.5) is 5.69 Å². The van der Waals surface area contributed by atoms with Crippen LogP contribution >= 0.6 is 0 Å². The summed E-state index contributed by atoms with van der Waals surface area (Å²) in [6.07, 6.45) is 1.06. The molecule has 0 unspecified atom stereocenters. The van der Waals surface area contributed by atoms with Crippen LogP contribution in [0.2, 0.25) is 0 Å². The fraction of sp³-hybridized carbons (Fsp3) is 0.300. The van der Waals surface area contributed by atoms with Crippen molar-refractivity contribution in [1.29, 1.82) is 0 Å². The van der Waals surface area contributed by atoms with Gasteiger partial charge in [0.15, 0.2) is 0 Å². The Balaban J connectivity index is 1.96. The average Bonchev–Trinajstić information content (AvgIpc) is 2.59. The highest BCUT2D eigenvalue weighted by Crippen LogP contribution is 2.16. The van der Waals surface area contributed by atoms with E-state index in [1.807, 2.05) is 50.2 Å². The van der Waals surface area contributed by atoms with E-state index in [9.17, 15) is 9.59 Å². The molecule has 0 atom stereocenters. The number of amides is 2. The van der Waals surface area contributed by atoms with Crippen LogP contribution in [0.1, 0.15) is 36.2 Å². The lowest BCUT2D eigenvalue weighted by molar-refractivity contribution is -0.116. The number of benzene rings is 2. The van der Waals surface area contributed by atoms with Gasteiger partial charge in [-0.3, -0.25) is 9.59 Å². The van der Waals surface area contributed by atoms with Gasteiger partial charge in [-0.25, -0.2) is 0 Å².